The van der Waals surface area contributed by atoms with E-state index in [9.17, 15) is 9.59 Å². The summed E-state index contributed by atoms with van der Waals surface area (Å²) >= 11 is 0. The summed E-state index contributed by atoms with van der Waals surface area (Å²) in [5.74, 6) is 0.0149. The fourth-order valence-corrected chi connectivity index (χ4v) is 2.59. The number of ether oxygens (including phenoxy) is 3. The number of carbonyl (C=O) groups is 2. The second-order valence-electron chi connectivity index (χ2n) is 5.59. The lowest BCUT2D eigenvalue weighted by atomic mass is 10.1. The van der Waals surface area contributed by atoms with Gasteiger partial charge in [-0.1, -0.05) is 0 Å². The van der Waals surface area contributed by atoms with Crippen LogP contribution in [0.25, 0.3) is 5.69 Å². The van der Waals surface area contributed by atoms with Gasteiger partial charge >= 0.3 is 5.97 Å². The topological polar surface area (TPSA) is 105 Å². The second-order valence-corrected chi connectivity index (χ2v) is 5.59. The van der Waals surface area contributed by atoms with Crippen molar-refractivity contribution < 1.29 is 23.8 Å². The molecule has 0 radical (unpaired) electrons. The zero-order chi connectivity index (χ0) is 20.1. The van der Waals surface area contributed by atoms with Crippen molar-refractivity contribution >= 4 is 17.6 Å². The number of nitrogens with zero attached hydrogens (tertiary/aromatic N) is 3. The molecule has 0 unspecified atom stereocenters. The monoisotopic (exact) mass is 382 g/mol. The van der Waals surface area contributed by atoms with Crippen LogP contribution in [-0.4, -0.2) is 48.0 Å². The Bertz CT molecular complexity index is 1000. The van der Waals surface area contributed by atoms with Crippen molar-refractivity contribution in [2.75, 3.05) is 26.6 Å². The largest absolute Gasteiger partial charge is 0.493 e. The number of carbonyl (C=O) groups excluding carboxylic acids is 2. The fourth-order valence-electron chi connectivity index (χ4n) is 2.59. The second kappa shape index (κ2) is 8.21. The molecular formula is C19H18N4O5. The molecule has 3 aromatic rings. The van der Waals surface area contributed by atoms with Gasteiger partial charge in [-0.2, -0.15) is 5.10 Å². The Morgan fingerprint density at radius 3 is 2.36 bits per heavy atom. The molecule has 144 valence electrons. The number of rotatable bonds is 6. The quantitative estimate of drug-likeness (QED) is 0.652. The van der Waals surface area contributed by atoms with E-state index in [1.165, 1.54) is 44.7 Å². The van der Waals surface area contributed by atoms with Crippen LogP contribution in [0.1, 0.15) is 20.7 Å². The summed E-state index contributed by atoms with van der Waals surface area (Å²) in [4.78, 5) is 28.6. The van der Waals surface area contributed by atoms with Gasteiger partial charge in [0.2, 0.25) is 0 Å². The van der Waals surface area contributed by atoms with Crippen molar-refractivity contribution in [3.8, 4) is 17.2 Å². The smallest absolute Gasteiger partial charge is 0.337 e. The molecule has 1 amide bonds. The summed E-state index contributed by atoms with van der Waals surface area (Å²) in [6, 6.07) is 9.54. The van der Waals surface area contributed by atoms with E-state index in [0.29, 0.717) is 28.4 Å². The number of methoxy groups -OCH3 is 3. The molecule has 0 aliphatic carbocycles. The molecule has 1 heterocycles. The number of amides is 1. The van der Waals surface area contributed by atoms with Crippen molar-refractivity contribution in [2.24, 2.45) is 0 Å². The molecule has 0 saturated carbocycles. The Balaban J connectivity index is 1.98. The maximum atomic E-state index is 12.8. The van der Waals surface area contributed by atoms with E-state index in [0.717, 1.165) is 0 Å². The van der Waals surface area contributed by atoms with Crippen molar-refractivity contribution in [3.63, 3.8) is 0 Å². The van der Waals surface area contributed by atoms with E-state index >= 15 is 0 Å². The first-order valence-corrected chi connectivity index (χ1v) is 8.18. The van der Waals surface area contributed by atoms with Gasteiger partial charge in [0.1, 0.15) is 12.7 Å². The Morgan fingerprint density at radius 1 is 0.964 bits per heavy atom. The summed E-state index contributed by atoms with van der Waals surface area (Å²) in [6.45, 7) is 0. The van der Waals surface area contributed by atoms with Crippen LogP contribution in [0.3, 0.4) is 0 Å². The van der Waals surface area contributed by atoms with Gasteiger partial charge in [-0.25, -0.2) is 14.5 Å². The van der Waals surface area contributed by atoms with Gasteiger partial charge in [0.25, 0.3) is 5.91 Å². The van der Waals surface area contributed by atoms with Crippen LogP contribution in [0.5, 0.6) is 11.5 Å². The molecule has 1 N–H and O–H groups in total. The first-order chi connectivity index (χ1) is 13.6. The third-order valence-electron chi connectivity index (χ3n) is 3.98. The van der Waals surface area contributed by atoms with Gasteiger partial charge < -0.3 is 19.5 Å². The zero-order valence-electron chi connectivity index (χ0n) is 15.5. The molecule has 1 aromatic heterocycles. The van der Waals surface area contributed by atoms with Crippen LogP contribution in [-0.2, 0) is 4.74 Å². The normalized spacial score (nSPS) is 10.2. The summed E-state index contributed by atoms with van der Waals surface area (Å²) in [7, 11) is 4.29. The SMILES string of the molecule is COC(=O)c1ccc(-n2cncn2)c(NC(=O)c2ccc(OC)c(OC)c2)c1. The molecule has 28 heavy (non-hydrogen) atoms. The molecule has 0 aliphatic rings. The molecule has 0 atom stereocenters. The first-order valence-electron chi connectivity index (χ1n) is 8.18. The van der Waals surface area contributed by atoms with E-state index in [2.05, 4.69) is 15.4 Å². The van der Waals surface area contributed by atoms with Crippen LogP contribution in [0.2, 0.25) is 0 Å². The lowest BCUT2D eigenvalue weighted by molar-refractivity contribution is 0.0600. The Morgan fingerprint density at radius 2 is 1.71 bits per heavy atom. The number of nitrogens with one attached hydrogen (secondary N) is 1. The minimum atomic E-state index is -0.522. The highest BCUT2D eigenvalue weighted by atomic mass is 16.5. The van der Waals surface area contributed by atoms with E-state index in [1.54, 1.807) is 30.3 Å². The highest BCUT2D eigenvalue weighted by Crippen LogP contribution is 2.28. The molecular weight excluding hydrogens is 364 g/mol. The van der Waals surface area contributed by atoms with E-state index in [4.69, 9.17) is 14.2 Å². The first kappa shape index (κ1) is 18.9. The third-order valence-corrected chi connectivity index (χ3v) is 3.98. The minimum absolute atomic E-state index is 0.286. The molecule has 0 spiro atoms. The number of benzene rings is 2. The molecule has 0 saturated heterocycles. The van der Waals surface area contributed by atoms with Crippen molar-refractivity contribution in [2.45, 2.75) is 0 Å². The van der Waals surface area contributed by atoms with Gasteiger partial charge in [0.15, 0.2) is 11.5 Å². The molecule has 9 heteroatoms. The predicted octanol–water partition coefficient (Wildman–Crippen LogP) is 2.32. The average Bonchev–Trinajstić information content (AvgIpc) is 3.27. The number of anilines is 1. The Kier molecular flexibility index (Phi) is 5.54. The molecule has 0 bridgehead atoms. The standard InChI is InChI=1S/C19H18N4O5/c1-26-16-7-5-12(9-17(16)27-2)18(24)22-14-8-13(19(25)28-3)4-6-15(14)23-11-20-10-21-23/h4-11H,1-3H3,(H,22,24). The lowest BCUT2D eigenvalue weighted by Crippen LogP contribution is -2.15. The van der Waals surface area contributed by atoms with Crippen molar-refractivity contribution in [1.82, 2.24) is 14.8 Å². The fraction of sp³-hybridized carbons (Fsp3) is 0.158. The van der Waals surface area contributed by atoms with Crippen LogP contribution in [0.4, 0.5) is 5.69 Å². The molecule has 2 aromatic carbocycles. The van der Waals surface area contributed by atoms with Crippen molar-refractivity contribution in [3.05, 3.63) is 60.2 Å². The van der Waals surface area contributed by atoms with Crippen LogP contribution >= 0.6 is 0 Å². The van der Waals surface area contributed by atoms with Gasteiger partial charge in [-0.05, 0) is 36.4 Å². The van der Waals surface area contributed by atoms with Gasteiger partial charge in [0, 0.05) is 5.56 Å². The molecule has 3 rings (SSSR count). The number of hydrogen-bond acceptors (Lipinski definition) is 7. The Hall–Kier alpha value is -3.88. The van der Waals surface area contributed by atoms with Gasteiger partial charge in [-0.3, -0.25) is 4.79 Å². The van der Waals surface area contributed by atoms with Crippen LogP contribution in [0, 0.1) is 0 Å². The average molecular weight is 382 g/mol. The number of hydrogen-bond donors (Lipinski definition) is 1. The van der Waals surface area contributed by atoms with Gasteiger partial charge in [-0.15, -0.1) is 0 Å². The highest BCUT2D eigenvalue weighted by molar-refractivity contribution is 6.06. The number of esters is 1. The van der Waals surface area contributed by atoms with Crippen LogP contribution < -0.4 is 14.8 Å². The van der Waals surface area contributed by atoms with E-state index in [1.807, 2.05) is 0 Å². The Labute approximate surface area is 160 Å². The molecule has 9 nitrogen and oxygen atoms in total. The summed E-state index contributed by atoms with van der Waals surface area (Å²) < 4.78 is 16.6. The maximum Gasteiger partial charge on any atom is 0.337 e. The van der Waals surface area contributed by atoms with Gasteiger partial charge in [0.05, 0.1) is 38.3 Å². The van der Waals surface area contributed by atoms with Crippen LogP contribution in [0.15, 0.2) is 49.1 Å². The third kappa shape index (κ3) is 3.78. The lowest BCUT2D eigenvalue weighted by Gasteiger charge is -2.13. The van der Waals surface area contributed by atoms with E-state index in [-0.39, 0.29) is 5.56 Å². The number of aromatic nitrogens is 3. The summed E-state index contributed by atoms with van der Waals surface area (Å²) in [5.41, 5.74) is 1.55. The molecule has 0 aliphatic heterocycles. The molecule has 0 fully saturated rings. The van der Waals surface area contributed by atoms with Crippen molar-refractivity contribution in [1.29, 1.82) is 0 Å². The summed E-state index contributed by atoms with van der Waals surface area (Å²) in [6.07, 6.45) is 2.85. The van der Waals surface area contributed by atoms with E-state index < -0.39 is 11.9 Å². The minimum Gasteiger partial charge on any atom is -0.493 e. The predicted molar refractivity (Wildman–Crippen MR) is 100 cm³/mol. The highest BCUT2D eigenvalue weighted by Gasteiger charge is 2.16. The maximum absolute atomic E-state index is 12.8. The zero-order valence-corrected chi connectivity index (χ0v) is 15.5. The summed E-state index contributed by atoms with van der Waals surface area (Å²) in [5, 5.41) is 6.87.